The van der Waals surface area contributed by atoms with Gasteiger partial charge in [0.2, 0.25) is 9.84 Å². The van der Waals surface area contributed by atoms with Crippen LogP contribution < -0.4 is 5.73 Å². The molecule has 0 bridgehead atoms. The van der Waals surface area contributed by atoms with Crippen molar-refractivity contribution in [3.05, 3.63) is 53.8 Å². The predicted molar refractivity (Wildman–Crippen MR) is 67.4 cm³/mol. The second-order valence-electron chi connectivity index (χ2n) is 3.98. The Morgan fingerprint density at radius 2 is 1.67 bits per heavy atom. The Morgan fingerprint density at radius 3 is 2.22 bits per heavy atom. The molecule has 2 aromatic carbocycles. The maximum atomic E-state index is 13.0. The van der Waals surface area contributed by atoms with Gasteiger partial charge in [-0.05, 0) is 55.0 Å². The molecule has 0 fully saturated rings. The number of aryl methyl sites for hydroxylation is 1. The summed E-state index contributed by atoms with van der Waals surface area (Å²) in [6.45, 7) is 1.56. The van der Waals surface area contributed by atoms with Crippen LogP contribution in [0.1, 0.15) is 5.56 Å². The van der Waals surface area contributed by atoms with E-state index in [-0.39, 0.29) is 9.79 Å². The molecule has 0 saturated heterocycles. The summed E-state index contributed by atoms with van der Waals surface area (Å²) in [5.41, 5.74) is 6.39. The van der Waals surface area contributed by atoms with Crippen LogP contribution in [0, 0.1) is 12.7 Å². The highest BCUT2D eigenvalue weighted by Gasteiger charge is 2.19. The minimum atomic E-state index is -3.63. The molecule has 0 aliphatic carbocycles. The third kappa shape index (κ3) is 2.22. The van der Waals surface area contributed by atoms with Gasteiger partial charge in [-0.3, -0.25) is 0 Å². The van der Waals surface area contributed by atoms with E-state index in [1.165, 1.54) is 36.4 Å². The molecule has 0 radical (unpaired) electrons. The molecule has 2 N–H and O–H groups in total. The molecule has 0 amide bonds. The van der Waals surface area contributed by atoms with Crippen molar-refractivity contribution in [2.24, 2.45) is 0 Å². The Kier molecular flexibility index (Phi) is 3.09. The monoisotopic (exact) mass is 265 g/mol. The lowest BCUT2D eigenvalue weighted by molar-refractivity contribution is 0.594. The Labute approximate surface area is 105 Å². The minimum absolute atomic E-state index is 0.105. The third-order valence-electron chi connectivity index (χ3n) is 2.62. The van der Waals surface area contributed by atoms with E-state index < -0.39 is 15.7 Å². The van der Waals surface area contributed by atoms with E-state index in [1.807, 2.05) is 0 Å². The van der Waals surface area contributed by atoms with Crippen LogP contribution in [0.4, 0.5) is 10.1 Å². The van der Waals surface area contributed by atoms with Gasteiger partial charge >= 0.3 is 0 Å². The number of hydrogen-bond donors (Lipinski definition) is 1. The van der Waals surface area contributed by atoms with Crippen molar-refractivity contribution >= 4 is 15.5 Å². The van der Waals surface area contributed by atoms with Crippen molar-refractivity contribution in [1.82, 2.24) is 0 Å². The van der Waals surface area contributed by atoms with Gasteiger partial charge in [-0.1, -0.05) is 0 Å². The van der Waals surface area contributed by atoms with Crippen molar-refractivity contribution in [3.8, 4) is 0 Å². The first-order chi connectivity index (χ1) is 8.41. The van der Waals surface area contributed by atoms with Gasteiger partial charge in [0.15, 0.2) is 0 Å². The van der Waals surface area contributed by atoms with Gasteiger partial charge < -0.3 is 5.73 Å². The minimum Gasteiger partial charge on any atom is -0.399 e. The fraction of sp³-hybridized carbons (Fsp3) is 0.0769. The summed E-state index contributed by atoms with van der Waals surface area (Å²) in [5, 5.41) is 0. The van der Waals surface area contributed by atoms with Crippen LogP contribution in [-0.4, -0.2) is 8.42 Å². The van der Waals surface area contributed by atoms with Crippen molar-refractivity contribution < 1.29 is 12.8 Å². The molecule has 0 aliphatic heterocycles. The number of rotatable bonds is 2. The topological polar surface area (TPSA) is 60.2 Å². The van der Waals surface area contributed by atoms with Crippen molar-refractivity contribution in [2.45, 2.75) is 16.7 Å². The summed E-state index contributed by atoms with van der Waals surface area (Å²) in [5.74, 6) is -0.455. The average Bonchev–Trinajstić information content (AvgIpc) is 2.29. The quantitative estimate of drug-likeness (QED) is 0.670. The van der Waals surface area contributed by atoms with Gasteiger partial charge in [0.25, 0.3) is 0 Å². The summed E-state index contributed by atoms with van der Waals surface area (Å²) in [6, 6.07) is 9.52. The molecule has 2 aromatic rings. The van der Waals surface area contributed by atoms with E-state index >= 15 is 0 Å². The van der Waals surface area contributed by atoms with E-state index in [4.69, 9.17) is 5.73 Å². The molecule has 0 heterocycles. The van der Waals surface area contributed by atoms with Gasteiger partial charge in [0.05, 0.1) is 9.79 Å². The highest BCUT2D eigenvalue weighted by Crippen LogP contribution is 2.24. The number of benzene rings is 2. The summed E-state index contributed by atoms with van der Waals surface area (Å²) in [7, 11) is -3.63. The molecule has 5 heteroatoms. The van der Waals surface area contributed by atoms with Gasteiger partial charge in [-0.2, -0.15) is 0 Å². The smallest absolute Gasteiger partial charge is 0.206 e. The largest absolute Gasteiger partial charge is 0.399 e. The fourth-order valence-corrected chi connectivity index (χ4v) is 3.17. The SMILES string of the molecule is Cc1cc(F)ccc1S(=O)(=O)c1ccc(N)cc1. The van der Waals surface area contributed by atoms with Crippen LogP contribution in [0.25, 0.3) is 0 Å². The first kappa shape index (κ1) is 12.6. The van der Waals surface area contributed by atoms with Gasteiger partial charge in [0, 0.05) is 5.69 Å². The normalized spacial score (nSPS) is 11.4. The third-order valence-corrected chi connectivity index (χ3v) is 4.55. The number of nitrogen functional groups attached to an aromatic ring is 1. The Bertz CT molecular complexity index is 679. The van der Waals surface area contributed by atoms with Crippen LogP contribution in [-0.2, 0) is 9.84 Å². The van der Waals surface area contributed by atoms with Gasteiger partial charge in [-0.15, -0.1) is 0 Å². The number of halogens is 1. The molecule has 0 saturated carbocycles. The second kappa shape index (κ2) is 4.42. The van der Waals surface area contributed by atoms with Crippen LogP contribution in [0.15, 0.2) is 52.3 Å². The molecule has 0 atom stereocenters. The van der Waals surface area contributed by atoms with Crippen LogP contribution >= 0.6 is 0 Å². The predicted octanol–water partition coefficient (Wildman–Crippen LogP) is 2.55. The zero-order chi connectivity index (χ0) is 13.3. The Hall–Kier alpha value is -1.88. The molecule has 0 aliphatic rings. The maximum Gasteiger partial charge on any atom is 0.206 e. The van der Waals surface area contributed by atoms with Gasteiger partial charge in [0.1, 0.15) is 5.82 Å². The van der Waals surface area contributed by atoms with Crippen LogP contribution in [0.5, 0.6) is 0 Å². The van der Waals surface area contributed by atoms with E-state index in [9.17, 15) is 12.8 Å². The van der Waals surface area contributed by atoms with E-state index in [2.05, 4.69) is 0 Å². The molecular weight excluding hydrogens is 253 g/mol. The molecule has 3 nitrogen and oxygen atoms in total. The molecule has 0 spiro atoms. The van der Waals surface area contributed by atoms with E-state index in [0.29, 0.717) is 11.3 Å². The number of anilines is 1. The summed E-state index contributed by atoms with van der Waals surface area (Å²) in [6.07, 6.45) is 0. The van der Waals surface area contributed by atoms with Crippen molar-refractivity contribution in [1.29, 1.82) is 0 Å². The average molecular weight is 265 g/mol. The van der Waals surface area contributed by atoms with E-state index in [1.54, 1.807) is 6.92 Å². The lowest BCUT2D eigenvalue weighted by atomic mass is 10.2. The summed E-state index contributed by atoms with van der Waals surface area (Å²) in [4.78, 5) is 0.250. The highest BCUT2D eigenvalue weighted by atomic mass is 32.2. The lowest BCUT2D eigenvalue weighted by Crippen LogP contribution is -2.04. The lowest BCUT2D eigenvalue weighted by Gasteiger charge is -2.08. The van der Waals surface area contributed by atoms with E-state index in [0.717, 1.165) is 6.07 Å². The molecule has 0 unspecified atom stereocenters. The Balaban J connectivity index is 2.58. The second-order valence-corrected chi connectivity index (χ2v) is 5.90. The molecular formula is C13H12FNO2S. The zero-order valence-electron chi connectivity index (χ0n) is 9.72. The van der Waals surface area contributed by atoms with Gasteiger partial charge in [-0.25, -0.2) is 12.8 Å². The Morgan fingerprint density at radius 1 is 1.06 bits per heavy atom. The van der Waals surface area contributed by atoms with Crippen molar-refractivity contribution in [3.63, 3.8) is 0 Å². The zero-order valence-corrected chi connectivity index (χ0v) is 10.5. The first-order valence-electron chi connectivity index (χ1n) is 5.28. The number of hydrogen-bond acceptors (Lipinski definition) is 3. The molecule has 0 aromatic heterocycles. The summed E-state index contributed by atoms with van der Waals surface area (Å²) < 4.78 is 37.6. The number of sulfone groups is 1. The van der Waals surface area contributed by atoms with Crippen LogP contribution in [0.3, 0.4) is 0 Å². The fourth-order valence-electron chi connectivity index (χ4n) is 1.69. The standard InChI is InChI=1S/C13H12FNO2S/c1-9-8-10(14)2-7-13(9)18(16,17)12-5-3-11(15)4-6-12/h2-8H,15H2,1H3. The first-order valence-corrected chi connectivity index (χ1v) is 6.76. The van der Waals surface area contributed by atoms with Crippen LogP contribution in [0.2, 0.25) is 0 Å². The summed E-state index contributed by atoms with van der Waals surface area (Å²) >= 11 is 0. The molecule has 94 valence electrons. The molecule has 2 rings (SSSR count). The molecule has 18 heavy (non-hydrogen) atoms. The maximum absolute atomic E-state index is 13.0. The highest BCUT2D eigenvalue weighted by molar-refractivity contribution is 7.91. The van der Waals surface area contributed by atoms with Crippen molar-refractivity contribution in [2.75, 3.05) is 5.73 Å². The number of nitrogens with two attached hydrogens (primary N) is 1.